The van der Waals surface area contributed by atoms with Crippen LogP contribution in [-0.2, 0) is 17.8 Å². The van der Waals surface area contributed by atoms with Crippen LogP contribution >= 0.6 is 0 Å². The van der Waals surface area contributed by atoms with Gasteiger partial charge >= 0.3 is 0 Å². The van der Waals surface area contributed by atoms with Crippen LogP contribution in [0.3, 0.4) is 0 Å². The molecule has 3 aromatic rings. The van der Waals surface area contributed by atoms with Gasteiger partial charge in [-0.05, 0) is 54.7 Å². The number of aromatic nitrogens is 3. The Morgan fingerprint density at radius 1 is 1.09 bits per heavy atom. The minimum Gasteiger partial charge on any atom is -0.338 e. The summed E-state index contributed by atoms with van der Waals surface area (Å²) in [5.74, 6) is 1.16. The van der Waals surface area contributed by atoms with Gasteiger partial charge < -0.3 is 9.80 Å². The fourth-order valence-electron chi connectivity index (χ4n) is 4.67. The maximum atomic E-state index is 13.4. The van der Waals surface area contributed by atoms with Crippen molar-refractivity contribution >= 4 is 11.8 Å². The molecule has 0 saturated carbocycles. The molecular weight excluding hydrogens is 421 g/mol. The number of rotatable bonds is 6. The molecule has 7 nitrogen and oxygen atoms in total. The maximum Gasteiger partial charge on any atom is 0.254 e. The predicted octanol–water partition coefficient (Wildman–Crippen LogP) is 3.63. The Hall–Kier alpha value is -3.55. The van der Waals surface area contributed by atoms with E-state index in [1.165, 1.54) is 12.1 Å². The average molecular weight is 448 g/mol. The largest absolute Gasteiger partial charge is 0.338 e. The number of hydrogen-bond acceptors (Lipinski definition) is 4. The summed E-state index contributed by atoms with van der Waals surface area (Å²) in [6.45, 7) is 1.97. The molecule has 0 unspecified atom stereocenters. The summed E-state index contributed by atoms with van der Waals surface area (Å²) in [6.07, 6.45) is 3.72. The number of nitrogens with zero attached hydrogens (tertiary/aromatic N) is 4. The van der Waals surface area contributed by atoms with Gasteiger partial charge in [-0.3, -0.25) is 14.7 Å². The van der Waals surface area contributed by atoms with Gasteiger partial charge in [0, 0.05) is 38.0 Å². The van der Waals surface area contributed by atoms with Crippen molar-refractivity contribution in [3.05, 3.63) is 82.7 Å². The molecule has 2 aliphatic rings. The lowest BCUT2D eigenvalue weighted by atomic mass is 10.1. The van der Waals surface area contributed by atoms with Gasteiger partial charge in [0.2, 0.25) is 5.91 Å². The number of carbonyl (C=O) groups is 2. The minimum atomic E-state index is -0.270. The third-order valence-corrected chi connectivity index (χ3v) is 6.36. The quantitative estimate of drug-likeness (QED) is 0.626. The zero-order valence-electron chi connectivity index (χ0n) is 18.3. The van der Waals surface area contributed by atoms with Crippen molar-refractivity contribution in [3.8, 4) is 0 Å². The number of amides is 2. The summed E-state index contributed by atoms with van der Waals surface area (Å²) in [6, 6.07) is 13.7. The van der Waals surface area contributed by atoms with Crippen molar-refractivity contribution in [2.75, 3.05) is 13.1 Å². The van der Waals surface area contributed by atoms with Crippen LogP contribution in [-0.4, -0.2) is 49.9 Å². The summed E-state index contributed by atoms with van der Waals surface area (Å²) < 4.78 is 13.1. The van der Waals surface area contributed by atoms with E-state index in [1.54, 1.807) is 12.1 Å². The van der Waals surface area contributed by atoms with Crippen molar-refractivity contribution in [1.29, 1.82) is 0 Å². The first-order chi connectivity index (χ1) is 16.1. The number of nitrogens with one attached hydrogen (secondary N) is 1. The maximum absolute atomic E-state index is 13.4. The van der Waals surface area contributed by atoms with E-state index in [-0.39, 0.29) is 23.7 Å². The van der Waals surface area contributed by atoms with Gasteiger partial charge in [-0.25, -0.2) is 9.37 Å². The number of likely N-dealkylation sites (tertiary alicyclic amines) is 2. The molecule has 0 aliphatic carbocycles. The number of H-pyrrole nitrogens is 1. The average Bonchev–Trinajstić information content (AvgIpc) is 3.57. The molecule has 2 aromatic carbocycles. The number of hydrogen-bond donors (Lipinski definition) is 1. The fraction of sp³-hybridized carbons (Fsp3) is 0.360. The van der Waals surface area contributed by atoms with E-state index in [2.05, 4.69) is 15.2 Å². The zero-order valence-corrected chi connectivity index (χ0v) is 18.3. The third-order valence-electron chi connectivity index (χ3n) is 6.36. The van der Waals surface area contributed by atoms with Crippen LogP contribution in [0.15, 0.2) is 48.5 Å². The lowest BCUT2D eigenvalue weighted by molar-refractivity contribution is -0.128. The molecule has 8 heteroatoms. The van der Waals surface area contributed by atoms with Gasteiger partial charge in [-0.1, -0.05) is 24.3 Å². The topological polar surface area (TPSA) is 82.2 Å². The number of carbonyl (C=O) groups excluding carboxylic acids is 2. The van der Waals surface area contributed by atoms with Crippen LogP contribution in [0.4, 0.5) is 4.39 Å². The molecule has 170 valence electrons. The van der Waals surface area contributed by atoms with Gasteiger partial charge in [-0.2, -0.15) is 5.10 Å². The second-order valence-electron chi connectivity index (χ2n) is 8.72. The first kappa shape index (κ1) is 21.3. The van der Waals surface area contributed by atoms with E-state index >= 15 is 0 Å². The van der Waals surface area contributed by atoms with E-state index in [0.29, 0.717) is 43.1 Å². The highest BCUT2D eigenvalue weighted by atomic mass is 19.1. The van der Waals surface area contributed by atoms with Crippen LogP contribution < -0.4 is 0 Å². The smallest absolute Gasteiger partial charge is 0.254 e. The molecule has 1 atom stereocenters. The Morgan fingerprint density at radius 3 is 2.73 bits per heavy atom. The van der Waals surface area contributed by atoms with E-state index in [1.807, 2.05) is 34.1 Å². The number of aromatic amines is 1. The van der Waals surface area contributed by atoms with Gasteiger partial charge in [0.05, 0.1) is 6.04 Å². The highest BCUT2D eigenvalue weighted by Gasteiger charge is 2.33. The highest BCUT2D eigenvalue weighted by Crippen LogP contribution is 2.31. The molecule has 2 aliphatic heterocycles. The SMILES string of the molecule is O=C1CCCN1Cc1cccc(C(=O)N2CCC[C@H]2c2n[nH]c(Cc3ccc(F)cc3)n2)c1. The summed E-state index contributed by atoms with van der Waals surface area (Å²) in [5.41, 5.74) is 2.52. The van der Waals surface area contributed by atoms with Crippen molar-refractivity contribution in [1.82, 2.24) is 25.0 Å². The molecule has 1 aromatic heterocycles. The molecule has 0 bridgehead atoms. The summed E-state index contributed by atoms with van der Waals surface area (Å²) in [4.78, 5) is 33.6. The molecule has 5 rings (SSSR count). The van der Waals surface area contributed by atoms with Crippen LogP contribution in [0, 0.1) is 5.82 Å². The molecule has 33 heavy (non-hydrogen) atoms. The Labute approximate surface area is 191 Å². The Balaban J connectivity index is 1.29. The van der Waals surface area contributed by atoms with Crippen molar-refractivity contribution in [3.63, 3.8) is 0 Å². The summed E-state index contributed by atoms with van der Waals surface area (Å²) in [5, 5.41) is 7.35. The summed E-state index contributed by atoms with van der Waals surface area (Å²) >= 11 is 0. The van der Waals surface area contributed by atoms with Crippen LogP contribution in [0.25, 0.3) is 0 Å². The third kappa shape index (κ3) is 4.65. The van der Waals surface area contributed by atoms with Crippen molar-refractivity contribution < 1.29 is 14.0 Å². The van der Waals surface area contributed by atoms with E-state index < -0.39 is 0 Å². The lowest BCUT2D eigenvalue weighted by Gasteiger charge is -2.23. The molecule has 0 radical (unpaired) electrons. The van der Waals surface area contributed by atoms with Crippen molar-refractivity contribution in [2.24, 2.45) is 0 Å². The molecule has 2 amide bonds. The van der Waals surface area contributed by atoms with E-state index in [9.17, 15) is 14.0 Å². The summed E-state index contributed by atoms with van der Waals surface area (Å²) in [7, 11) is 0. The van der Waals surface area contributed by atoms with E-state index in [0.717, 1.165) is 36.9 Å². The number of halogens is 1. The fourth-order valence-corrected chi connectivity index (χ4v) is 4.67. The van der Waals surface area contributed by atoms with Gasteiger partial charge in [0.15, 0.2) is 5.82 Å². The van der Waals surface area contributed by atoms with Gasteiger partial charge in [0.1, 0.15) is 11.6 Å². The van der Waals surface area contributed by atoms with Crippen LogP contribution in [0.1, 0.15) is 64.9 Å². The Morgan fingerprint density at radius 2 is 1.94 bits per heavy atom. The monoisotopic (exact) mass is 447 g/mol. The predicted molar refractivity (Wildman–Crippen MR) is 120 cm³/mol. The molecule has 0 spiro atoms. The minimum absolute atomic E-state index is 0.0445. The molecule has 2 saturated heterocycles. The lowest BCUT2D eigenvalue weighted by Crippen LogP contribution is -2.31. The zero-order chi connectivity index (χ0) is 22.8. The normalized spacial score (nSPS) is 18.3. The highest BCUT2D eigenvalue weighted by molar-refractivity contribution is 5.94. The first-order valence-corrected chi connectivity index (χ1v) is 11.4. The second kappa shape index (κ2) is 9.13. The molecular formula is C25H26FN5O2. The number of benzene rings is 2. The first-order valence-electron chi connectivity index (χ1n) is 11.4. The Bertz CT molecular complexity index is 1160. The second-order valence-corrected chi connectivity index (χ2v) is 8.72. The molecule has 3 heterocycles. The van der Waals surface area contributed by atoms with Gasteiger partial charge in [-0.15, -0.1) is 0 Å². The van der Waals surface area contributed by atoms with Crippen molar-refractivity contribution in [2.45, 2.75) is 44.7 Å². The standard InChI is InChI=1S/C25H26FN5O2/c26-20-10-8-17(9-11-20)15-22-27-24(29-28-22)21-6-2-13-31(21)25(33)19-5-1-4-18(14-19)16-30-12-3-7-23(30)32/h1,4-5,8-11,14,21H,2-3,6-7,12-13,15-16H2,(H,27,28,29)/t21-/m0/s1. The van der Waals surface area contributed by atoms with Crippen LogP contribution in [0.2, 0.25) is 0 Å². The van der Waals surface area contributed by atoms with Gasteiger partial charge in [0.25, 0.3) is 5.91 Å². The van der Waals surface area contributed by atoms with Crippen LogP contribution in [0.5, 0.6) is 0 Å². The van der Waals surface area contributed by atoms with E-state index in [4.69, 9.17) is 0 Å². The molecule has 1 N–H and O–H groups in total. The molecule has 2 fully saturated rings. The Kier molecular flexibility index (Phi) is 5.90.